The van der Waals surface area contributed by atoms with Gasteiger partial charge in [0.1, 0.15) is 10.3 Å². The zero-order chi connectivity index (χ0) is 25.4. The summed E-state index contributed by atoms with van der Waals surface area (Å²) in [5.74, 6) is -0.839. The van der Waals surface area contributed by atoms with Gasteiger partial charge >= 0.3 is 5.97 Å². The Morgan fingerprint density at radius 3 is 2.57 bits per heavy atom. The predicted molar refractivity (Wildman–Crippen MR) is 137 cm³/mol. The first-order chi connectivity index (χ1) is 16.8. The minimum absolute atomic E-state index is 0.117. The van der Waals surface area contributed by atoms with Gasteiger partial charge in [-0.3, -0.25) is 9.59 Å². The molecule has 8 nitrogen and oxygen atoms in total. The molecule has 35 heavy (non-hydrogen) atoms. The highest BCUT2D eigenvalue weighted by molar-refractivity contribution is 7.91. The van der Waals surface area contributed by atoms with E-state index in [-0.39, 0.29) is 29.2 Å². The van der Waals surface area contributed by atoms with Crippen LogP contribution in [0, 0.1) is 0 Å². The highest BCUT2D eigenvalue weighted by Crippen LogP contribution is 2.31. The van der Waals surface area contributed by atoms with Crippen LogP contribution in [0.5, 0.6) is 0 Å². The number of carbonyl (C=O) groups is 2. The Morgan fingerprint density at radius 1 is 1.14 bits per heavy atom. The molecule has 2 atom stereocenters. The van der Waals surface area contributed by atoms with Crippen LogP contribution >= 0.6 is 22.9 Å². The van der Waals surface area contributed by atoms with E-state index >= 15 is 0 Å². The van der Waals surface area contributed by atoms with Gasteiger partial charge in [-0.05, 0) is 55.8 Å². The van der Waals surface area contributed by atoms with E-state index in [9.17, 15) is 18.0 Å². The van der Waals surface area contributed by atoms with Gasteiger partial charge in [-0.1, -0.05) is 37.8 Å². The number of unbranched alkanes of at least 4 members (excludes halogenated alkanes) is 3. The number of nitrogens with one attached hydrogen (secondary N) is 2. The number of hydrogen-bond donors (Lipinski definition) is 2. The van der Waals surface area contributed by atoms with Gasteiger partial charge in [0, 0.05) is 28.0 Å². The van der Waals surface area contributed by atoms with Crippen LogP contribution in [0.15, 0.2) is 40.6 Å². The molecule has 1 aromatic carbocycles. The number of nitrogens with zero attached hydrogens (tertiary/aromatic N) is 1. The number of thiophene rings is 1. The molecule has 0 spiro atoms. The molecule has 3 rings (SSSR count). The first-order valence-corrected chi connectivity index (χ1v) is 14.3. The van der Waals surface area contributed by atoms with Crippen LogP contribution < -0.4 is 10.6 Å². The molecule has 1 amide bonds. The van der Waals surface area contributed by atoms with Gasteiger partial charge in [0.25, 0.3) is 15.9 Å². The van der Waals surface area contributed by atoms with Gasteiger partial charge in [-0.15, -0.1) is 11.3 Å². The molecule has 1 aliphatic rings. The molecule has 0 saturated carbocycles. The van der Waals surface area contributed by atoms with E-state index < -0.39 is 22.0 Å². The van der Waals surface area contributed by atoms with Crippen molar-refractivity contribution in [2.45, 2.75) is 61.9 Å². The number of hydrogen-bond acceptors (Lipinski definition) is 7. The number of sulfonamides is 1. The number of methoxy groups -OCH3 is 1. The molecule has 1 saturated heterocycles. The first-order valence-electron chi connectivity index (χ1n) is 11.7. The molecule has 0 radical (unpaired) electrons. The SMILES string of the molecule is CCCCCCNC1C[C@@H](C(=O)OC)N(S(=O)(=O)c2ccc(CNC(=O)c3ccc(Cl)cc3)s2)C1. The van der Waals surface area contributed by atoms with E-state index in [2.05, 4.69) is 17.6 Å². The average Bonchev–Trinajstić information content (AvgIpc) is 3.51. The van der Waals surface area contributed by atoms with E-state index in [4.69, 9.17) is 16.3 Å². The number of amides is 1. The summed E-state index contributed by atoms with van der Waals surface area (Å²) < 4.78 is 33.1. The summed E-state index contributed by atoms with van der Waals surface area (Å²) in [5, 5.41) is 6.72. The van der Waals surface area contributed by atoms with E-state index in [1.165, 1.54) is 23.9 Å². The second-order valence-corrected chi connectivity index (χ2v) is 12.2. The monoisotopic (exact) mass is 541 g/mol. The lowest BCUT2D eigenvalue weighted by Crippen LogP contribution is -2.41. The lowest BCUT2D eigenvalue weighted by atomic mass is 10.1. The Hall–Kier alpha value is -1.98. The molecule has 1 unspecified atom stereocenters. The molecule has 2 heterocycles. The van der Waals surface area contributed by atoms with E-state index in [0.29, 0.717) is 21.9 Å². The number of ether oxygens (including phenoxy) is 1. The van der Waals surface area contributed by atoms with Crippen molar-refractivity contribution in [2.24, 2.45) is 0 Å². The number of halogens is 1. The maximum Gasteiger partial charge on any atom is 0.324 e. The first kappa shape index (κ1) is 27.6. The van der Waals surface area contributed by atoms with E-state index in [1.54, 1.807) is 30.3 Å². The summed E-state index contributed by atoms with van der Waals surface area (Å²) in [4.78, 5) is 25.4. The van der Waals surface area contributed by atoms with Crippen LogP contribution in [-0.4, -0.2) is 56.9 Å². The molecule has 1 aromatic heterocycles. The Kier molecular flexibility index (Phi) is 10.1. The molecule has 2 N–H and O–H groups in total. The van der Waals surface area contributed by atoms with Crippen molar-refractivity contribution < 1.29 is 22.7 Å². The summed E-state index contributed by atoms with van der Waals surface area (Å²) in [6.07, 6.45) is 4.81. The second-order valence-electron chi connectivity index (χ2n) is 8.47. The predicted octanol–water partition coefficient (Wildman–Crippen LogP) is 3.81. The Balaban J connectivity index is 1.65. The number of esters is 1. The molecule has 1 aliphatic heterocycles. The molecule has 1 fully saturated rings. The van der Waals surface area contributed by atoms with Crippen molar-refractivity contribution >= 4 is 44.8 Å². The fraction of sp³-hybridized carbons (Fsp3) is 0.500. The van der Waals surface area contributed by atoms with Gasteiger partial charge in [0.2, 0.25) is 0 Å². The zero-order valence-electron chi connectivity index (χ0n) is 20.0. The van der Waals surface area contributed by atoms with Crippen molar-refractivity contribution in [2.75, 3.05) is 20.2 Å². The zero-order valence-corrected chi connectivity index (χ0v) is 22.3. The van der Waals surface area contributed by atoms with Gasteiger partial charge in [-0.2, -0.15) is 4.31 Å². The van der Waals surface area contributed by atoms with Crippen LogP contribution in [0.4, 0.5) is 0 Å². The summed E-state index contributed by atoms with van der Waals surface area (Å²) in [7, 11) is -2.64. The normalized spacial score (nSPS) is 18.5. The second kappa shape index (κ2) is 12.8. The highest BCUT2D eigenvalue weighted by Gasteiger charge is 2.44. The Bertz CT molecular complexity index is 1100. The van der Waals surface area contributed by atoms with Crippen molar-refractivity contribution in [3.05, 3.63) is 51.9 Å². The summed E-state index contributed by atoms with van der Waals surface area (Å²) in [5.41, 5.74) is 0.463. The third-order valence-corrected chi connectivity index (χ3v) is 9.60. The molecule has 0 aliphatic carbocycles. The largest absolute Gasteiger partial charge is 0.468 e. The summed E-state index contributed by atoms with van der Waals surface area (Å²) in [6, 6.07) is 8.71. The molecule has 0 bridgehead atoms. The number of benzene rings is 1. The number of rotatable bonds is 12. The quantitative estimate of drug-likeness (QED) is 0.313. The fourth-order valence-electron chi connectivity index (χ4n) is 4.01. The molecule has 11 heteroatoms. The van der Waals surface area contributed by atoms with Crippen molar-refractivity contribution in [3.8, 4) is 0 Å². The molecular weight excluding hydrogens is 510 g/mol. The van der Waals surface area contributed by atoms with Crippen molar-refractivity contribution in [1.29, 1.82) is 0 Å². The maximum atomic E-state index is 13.4. The fourth-order valence-corrected chi connectivity index (χ4v) is 7.19. The van der Waals surface area contributed by atoms with Crippen LogP contribution in [0.3, 0.4) is 0 Å². The third-order valence-electron chi connectivity index (χ3n) is 5.92. The average molecular weight is 542 g/mol. The smallest absolute Gasteiger partial charge is 0.324 e. The molecular formula is C24H32ClN3O5S2. The number of carbonyl (C=O) groups excluding carboxylic acids is 2. The van der Waals surface area contributed by atoms with Crippen molar-refractivity contribution in [1.82, 2.24) is 14.9 Å². The van der Waals surface area contributed by atoms with Crippen molar-refractivity contribution in [3.63, 3.8) is 0 Å². The van der Waals surface area contributed by atoms with Crippen LogP contribution in [0.1, 0.15) is 54.3 Å². The van der Waals surface area contributed by atoms with E-state index in [0.717, 1.165) is 37.1 Å². The van der Waals surface area contributed by atoms with Crippen LogP contribution in [-0.2, 0) is 26.1 Å². The van der Waals surface area contributed by atoms with Crippen LogP contribution in [0.2, 0.25) is 5.02 Å². The molecule has 192 valence electrons. The lowest BCUT2D eigenvalue weighted by Gasteiger charge is -2.21. The third kappa shape index (κ3) is 7.27. The van der Waals surface area contributed by atoms with Gasteiger partial charge in [0.05, 0.1) is 13.7 Å². The topological polar surface area (TPSA) is 105 Å². The maximum absolute atomic E-state index is 13.4. The van der Waals surface area contributed by atoms with Gasteiger partial charge in [0.15, 0.2) is 0 Å². The summed E-state index contributed by atoms with van der Waals surface area (Å²) in [6.45, 7) is 3.32. The highest BCUT2D eigenvalue weighted by atomic mass is 35.5. The Labute approximate surface area is 216 Å². The molecule has 2 aromatic rings. The standard InChI is InChI=1S/C24H32ClN3O5S2/c1-3-4-5-6-13-26-19-14-21(24(30)33-2)28(16-19)35(31,32)22-12-11-20(34-22)15-27-23(29)17-7-9-18(25)10-8-17/h7-12,19,21,26H,3-6,13-16H2,1-2H3,(H,27,29)/t19?,21-/m0/s1. The van der Waals surface area contributed by atoms with Gasteiger partial charge < -0.3 is 15.4 Å². The minimum Gasteiger partial charge on any atom is -0.468 e. The van der Waals surface area contributed by atoms with Gasteiger partial charge in [-0.25, -0.2) is 8.42 Å². The lowest BCUT2D eigenvalue weighted by molar-refractivity contribution is -0.144. The van der Waals surface area contributed by atoms with Crippen LogP contribution in [0.25, 0.3) is 0 Å². The summed E-state index contributed by atoms with van der Waals surface area (Å²) >= 11 is 6.93. The van der Waals surface area contributed by atoms with E-state index in [1.807, 2.05) is 0 Å². The Morgan fingerprint density at radius 2 is 1.89 bits per heavy atom. The minimum atomic E-state index is -3.91.